The fraction of sp³-hybridized carbons (Fsp3) is 0.267. The lowest BCUT2D eigenvalue weighted by atomic mass is 10.1. The number of benzene rings is 1. The standard InChI is InChI=1S/C15H15NO4S2/c1-9-7-10(4-5-11(9)17)8-12-14(20)16(15(21)22-12)6-2-3-13(18)19/h4-5,7-8,17H,2-3,6H2,1H3,(H,18,19). The van der Waals surface area contributed by atoms with Crippen LogP contribution >= 0.6 is 24.0 Å². The fourth-order valence-corrected chi connectivity index (χ4v) is 3.31. The van der Waals surface area contributed by atoms with Crippen LogP contribution < -0.4 is 0 Å². The van der Waals surface area contributed by atoms with Crippen LogP contribution in [0, 0.1) is 6.92 Å². The lowest BCUT2D eigenvalue weighted by molar-refractivity contribution is -0.137. The number of thioether (sulfide) groups is 1. The molecule has 1 aliphatic heterocycles. The molecule has 1 aromatic carbocycles. The van der Waals surface area contributed by atoms with E-state index in [2.05, 4.69) is 0 Å². The second kappa shape index (κ2) is 6.93. The molecule has 5 nitrogen and oxygen atoms in total. The highest BCUT2D eigenvalue weighted by Crippen LogP contribution is 2.33. The number of thiocarbonyl (C=S) groups is 1. The first-order chi connectivity index (χ1) is 10.4. The molecule has 0 atom stereocenters. The number of hydrogen-bond donors (Lipinski definition) is 2. The largest absolute Gasteiger partial charge is 0.508 e. The number of carboxylic acid groups (broad SMARTS) is 1. The first-order valence-electron chi connectivity index (χ1n) is 6.65. The Morgan fingerprint density at radius 3 is 2.82 bits per heavy atom. The highest BCUT2D eigenvalue weighted by Gasteiger charge is 2.31. The van der Waals surface area contributed by atoms with E-state index in [0.29, 0.717) is 22.2 Å². The molecule has 1 saturated heterocycles. The van der Waals surface area contributed by atoms with E-state index in [1.165, 1.54) is 16.7 Å². The zero-order chi connectivity index (χ0) is 16.3. The van der Waals surface area contributed by atoms with Crippen molar-refractivity contribution in [3.05, 3.63) is 34.2 Å². The molecule has 2 N–H and O–H groups in total. The number of carbonyl (C=O) groups is 2. The van der Waals surface area contributed by atoms with Crippen molar-refractivity contribution in [3.63, 3.8) is 0 Å². The number of amides is 1. The van der Waals surface area contributed by atoms with Gasteiger partial charge >= 0.3 is 5.97 Å². The van der Waals surface area contributed by atoms with Crippen LogP contribution in [0.1, 0.15) is 24.0 Å². The summed E-state index contributed by atoms with van der Waals surface area (Å²) >= 11 is 6.38. The normalized spacial score (nSPS) is 16.6. The van der Waals surface area contributed by atoms with E-state index in [1.54, 1.807) is 31.2 Å². The zero-order valence-electron chi connectivity index (χ0n) is 11.9. The van der Waals surface area contributed by atoms with Gasteiger partial charge in [-0.25, -0.2) is 0 Å². The second-order valence-electron chi connectivity index (χ2n) is 4.88. The highest BCUT2D eigenvalue weighted by molar-refractivity contribution is 8.26. The molecule has 0 saturated carbocycles. The van der Waals surface area contributed by atoms with Crippen LogP contribution in [0.15, 0.2) is 23.1 Å². The van der Waals surface area contributed by atoms with Crippen LogP contribution in [0.25, 0.3) is 6.08 Å². The van der Waals surface area contributed by atoms with Gasteiger partial charge in [0.2, 0.25) is 0 Å². The van der Waals surface area contributed by atoms with Gasteiger partial charge in [-0.1, -0.05) is 30.0 Å². The first-order valence-corrected chi connectivity index (χ1v) is 7.87. The molecule has 1 heterocycles. The molecule has 1 aromatic rings. The molecule has 0 bridgehead atoms. The smallest absolute Gasteiger partial charge is 0.303 e. The molecule has 0 spiro atoms. The van der Waals surface area contributed by atoms with Crippen molar-refractivity contribution >= 4 is 46.3 Å². The van der Waals surface area contributed by atoms with Gasteiger partial charge in [0.15, 0.2) is 0 Å². The van der Waals surface area contributed by atoms with E-state index in [9.17, 15) is 14.7 Å². The van der Waals surface area contributed by atoms with Crippen LogP contribution in [0.2, 0.25) is 0 Å². The Bertz CT molecular complexity index is 670. The van der Waals surface area contributed by atoms with Crippen molar-refractivity contribution < 1.29 is 19.8 Å². The predicted octanol–water partition coefficient (Wildman–Crippen LogP) is 2.77. The lowest BCUT2D eigenvalue weighted by Crippen LogP contribution is -2.29. The van der Waals surface area contributed by atoms with Gasteiger partial charge in [0, 0.05) is 13.0 Å². The molecular weight excluding hydrogens is 322 g/mol. The highest BCUT2D eigenvalue weighted by atomic mass is 32.2. The number of hydrogen-bond acceptors (Lipinski definition) is 5. The molecule has 116 valence electrons. The summed E-state index contributed by atoms with van der Waals surface area (Å²) in [6.45, 7) is 2.09. The topological polar surface area (TPSA) is 77.8 Å². The van der Waals surface area contributed by atoms with E-state index < -0.39 is 5.97 Å². The fourth-order valence-electron chi connectivity index (χ4n) is 2.00. The van der Waals surface area contributed by atoms with E-state index in [4.69, 9.17) is 17.3 Å². The van der Waals surface area contributed by atoms with E-state index in [0.717, 1.165) is 11.1 Å². The van der Waals surface area contributed by atoms with E-state index in [1.807, 2.05) is 0 Å². The van der Waals surface area contributed by atoms with Crippen molar-refractivity contribution in [3.8, 4) is 5.75 Å². The summed E-state index contributed by atoms with van der Waals surface area (Å²) in [5.74, 6) is -0.884. The first kappa shape index (κ1) is 16.5. The van der Waals surface area contributed by atoms with Gasteiger partial charge in [0.1, 0.15) is 10.1 Å². The maximum Gasteiger partial charge on any atom is 0.303 e. The Morgan fingerprint density at radius 2 is 2.18 bits per heavy atom. The van der Waals surface area contributed by atoms with Crippen molar-refractivity contribution in [2.45, 2.75) is 19.8 Å². The minimum atomic E-state index is -0.888. The van der Waals surface area contributed by atoms with Gasteiger partial charge in [-0.05, 0) is 42.7 Å². The number of aromatic hydroxyl groups is 1. The summed E-state index contributed by atoms with van der Waals surface area (Å²) in [6.07, 6.45) is 2.10. The summed E-state index contributed by atoms with van der Waals surface area (Å²) in [5, 5.41) is 18.2. The van der Waals surface area contributed by atoms with Gasteiger partial charge in [-0.15, -0.1) is 0 Å². The predicted molar refractivity (Wildman–Crippen MR) is 89.6 cm³/mol. The average molecular weight is 337 g/mol. The summed E-state index contributed by atoms with van der Waals surface area (Å²) in [6, 6.07) is 5.08. The minimum Gasteiger partial charge on any atom is -0.508 e. The van der Waals surface area contributed by atoms with Gasteiger partial charge < -0.3 is 10.2 Å². The van der Waals surface area contributed by atoms with Crippen molar-refractivity contribution in [1.82, 2.24) is 4.90 Å². The summed E-state index contributed by atoms with van der Waals surface area (Å²) < 4.78 is 0.442. The van der Waals surface area contributed by atoms with Crippen molar-refractivity contribution in [1.29, 1.82) is 0 Å². The number of nitrogens with zero attached hydrogens (tertiary/aromatic N) is 1. The Morgan fingerprint density at radius 1 is 1.45 bits per heavy atom. The molecule has 1 amide bonds. The Hall–Kier alpha value is -1.86. The number of carbonyl (C=O) groups excluding carboxylic acids is 1. The maximum atomic E-state index is 12.3. The van der Waals surface area contributed by atoms with Gasteiger partial charge in [0.05, 0.1) is 4.91 Å². The molecule has 0 aliphatic carbocycles. The molecule has 1 aliphatic rings. The summed E-state index contributed by atoms with van der Waals surface area (Å²) in [4.78, 5) is 24.8. The average Bonchev–Trinajstić information content (AvgIpc) is 2.70. The number of aryl methyl sites for hydroxylation is 1. The monoisotopic (exact) mass is 337 g/mol. The Balaban J connectivity index is 2.11. The van der Waals surface area contributed by atoms with Gasteiger partial charge in [-0.3, -0.25) is 14.5 Å². The number of phenols is 1. The third-order valence-electron chi connectivity index (χ3n) is 3.16. The van der Waals surface area contributed by atoms with Crippen LogP contribution in [0.5, 0.6) is 5.75 Å². The van der Waals surface area contributed by atoms with Crippen LogP contribution in [-0.2, 0) is 9.59 Å². The molecule has 7 heteroatoms. The number of carboxylic acids is 1. The molecule has 0 radical (unpaired) electrons. The minimum absolute atomic E-state index is 0.00721. The number of phenolic OH excluding ortho intramolecular Hbond substituents is 1. The molecule has 0 aromatic heterocycles. The number of aliphatic carboxylic acids is 1. The van der Waals surface area contributed by atoms with Crippen LogP contribution in [0.4, 0.5) is 0 Å². The van der Waals surface area contributed by atoms with Crippen LogP contribution in [0.3, 0.4) is 0 Å². The zero-order valence-corrected chi connectivity index (χ0v) is 13.5. The summed E-state index contributed by atoms with van der Waals surface area (Å²) in [5.41, 5.74) is 1.53. The molecule has 22 heavy (non-hydrogen) atoms. The maximum absolute atomic E-state index is 12.3. The van der Waals surface area contributed by atoms with E-state index >= 15 is 0 Å². The third-order valence-corrected chi connectivity index (χ3v) is 4.54. The van der Waals surface area contributed by atoms with Crippen molar-refractivity contribution in [2.75, 3.05) is 6.54 Å². The quantitative estimate of drug-likeness (QED) is 0.635. The molecular formula is C15H15NO4S2. The summed E-state index contributed by atoms with van der Waals surface area (Å²) in [7, 11) is 0. The van der Waals surface area contributed by atoms with Gasteiger partial charge in [0.25, 0.3) is 5.91 Å². The van der Waals surface area contributed by atoms with E-state index in [-0.39, 0.29) is 18.1 Å². The molecule has 0 unspecified atom stereocenters. The molecule has 1 fully saturated rings. The Labute approximate surface area is 137 Å². The van der Waals surface area contributed by atoms with Crippen LogP contribution in [-0.4, -0.2) is 37.9 Å². The second-order valence-corrected chi connectivity index (χ2v) is 6.55. The molecule has 2 rings (SSSR count). The third kappa shape index (κ3) is 3.86. The SMILES string of the molecule is Cc1cc(C=C2SC(=S)N(CCCC(=O)O)C2=O)ccc1O. The number of rotatable bonds is 5. The lowest BCUT2D eigenvalue weighted by Gasteiger charge is -2.13. The van der Waals surface area contributed by atoms with Crippen molar-refractivity contribution in [2.24, 2.45) is 0 Å². The van der Waals surface area contributed by atoms with Gasteiger partial charge in [-0.2, -0.15) is 0 Å². The Kier molecular flexibility index (Phi) is 5.20.